The Labute approximate surface area is 189 Å². The largest absolute Gasteiger partial charge is 0.485 e. The topological polar surface area (TPSA) is 103 Å². The third-order valence-corrected chi connectivity index (χ3v) is 6.64. The Morgan fingerprint density at radius 3 is 2.94 bits per heavy atom. The van der Waals surface area contributed by atoms with Crippen LogP contribution in [0.4, 0.5) is 0 Å². The minimum absolute atomic E-state index is 0.0298. The summed E-state index contributed by atoms with van der Waals surface area (Å²) in [6.45, 7) is 1.06. The van der Waals surface area contributed by atoms with E-state index in [1.54, 1.807) is 24.5 Å². The molecule has 4 heterocycles. The van der Waals surface area contributed by atoms with E-state index in [1.165, 1.54) is 0 Å². The van der Waals surface area contributed by atoms with Gasteiger partial charge in [-0.15, -0.1) is 0 Å². The number of rotatable bonds is 3. The molecule has 0 bridgehead atoms. The van der Waals surface area contributed by atoms with E-state index >= 15 is 0 Å². The molecule has 8 heteroatoms. The number of hydrogen-bond donors (Lipinski definition) is 3. The summed E-state index contributed by atoms with van der Waals surface area (Å²) < 4.78 is 6.49. The van der Waals surface area contributed by atoms with Crippen molar-refractivity contribution >= 4 is 22.7 Å². The molecule has 166 valence electrons. The Balaban J connectivity index is 1.25. The first-order chi connectivity index (χ1) is 16.1. The fraction of sp³-hybridized carbons (Fsp3) is 0.240. The molecule has 33 heavy (non-hydrogen) atoms. The maximum absolute atomic E-state index is 13.3. The summed E-state index contributed by atoms with van der Waals surface area (Å²) in [7, 11) is 0. The van der Waals surface area contributed by atoms with Crippen LogP contribution in [0, 0.1) is 0 Å². The van der Waals surface area contributed by atoms with Crippen LogP contribution in [0.3, 0.4) is 0 Å². The molecule has 2 aromatic heterocycles. The lowest BCUT2D eigenvalue weighted by molar-refractivity contribution is 0.0351. The van der Waals surface area contributed by atoms with Crippen LogP contribution in [0.2, 0.25) is 0 Å². The van der Waals surface area contributed by atoms with Crippen LogP contribution in [-0.2, 0) is 0 Å². The van der Waals surface area contributed by atoms with Gasteiger partial charge in [-0.3, -0.25) is 14.7 Å². The number of fused-ring (bicyclic) bond motifs is 2. The standard InChI is InChI=1S/C25H23N5O3/c31-23(19-5-3-10-26-19)28-21-13-25(33-22-6-2-1-4-18(21)22)9-11-30(15-25)24(32)16-7-8-17-14-27-29-20(17)12-16/h1-8,10,12,14,21,26H,9,11,13,15H2,(H,27,29)(H,28,31). The lowest BCUT2D eigenvalue weighted by Crippen LogP contribution is -2.47. The molecule has 2 aromatic carbocycles. The van der Waals surface area contributed by atoms with Gasteiger partial charge in [0.2, 0.25) is 0 Å². The van der Waals surface area contributed by atoms with Crippen molar-refractivity contribution in [1.29, 1.82) is 0 Å². The first-order valence-corrected chi connectivity index (χ1v) is 11.0. The summed E-state index contributed by atoms with van der Waals surface area (Å²) >= 11 is 0. The van der Waals surface area contributed by atoms with Crippen molar-refractivity contribution in [2.45, 2.75) is 24.5 Å². The molecule has 1 spiro atoms. The van der Waals surface area contributed by atoms with E-state index in [0.717, 1.165) is 22.2 Å². The van der Waals surface area contributed by atoms with Crippen LogP contribution in [0.15, 0.2) is 67.0 Å². The number of hydrogen-bond acceptors (Lipinski definition) is 4. The van der Waals surface area contributed by atoms with Crippen LogP contribution in [0.1, 0.15) is 45.3 Å². The Morgan fingerprint density at radius 2 is 2.06 bits per heavy atom. The highest BCUT2D eigenvalue weighted by Gasteiger charge is 2.47. The van der Waals surface area contributed by atoms with Gasteiger partial charge in [0, 0.05) is 42.1 Å². The van der Waals surface area contributed by atoms with Gasteiger partial charge in [0.1, 0.15) is 17.0 Å². The Hall–Kier alpha value is -4.07. The third-order valence-electron chi connectivity index (χ3n) is 6.64. The number of amides is 2. The van der Waals surface area contributed by atoms with Crippen molar-refractivity contribution in [2.75, 3.05) is 13.1 Å². The second kappa shape index (κ2) is 7.51. The summed E-state index contributed by atoms with van der Waals surface area (Å²) in [6.07, 6.45) is 4.77. The van der Waals surface area contributed by atoms with Gasteiger partial charge in [-0.1, -0.05) is 24.3 Å². The Morgan fingerprint density at radius 1 is 1.15 bits per heavy atom. The number of aromatic amines is 2. The number of para-hydroxylation sites is 1. The SMILES string of the molecule is O=C(NC1CC2(CCN(C(=O)c3ccc4cn[nH]c4c3)C2)Oc2ccccc21)c1ccc[nH]1. The fourth-order valence-corrected chi connectivity index (χ4v) is 4.98. The van der Waals surface area contributed by atoms with Crippen LogP contribution in [0.5, 0.6) is 5.75 Å². The lowest BCUT2D eigenvalue weighted by atomic mass is 9.86. The first-order valence-electron chi connectivity index (χ1n) is 11.0. The molecule has 0 radical (unpaired) electrons. The smallest absolute Gasteiger partial charge is 0.268 e. The molecule has 4 aromatic rings. The fourth-order valence-electron chi connectivity index (χ4n) is 4.98. The van der Waals surface area contributed by atoms with Crippen molar-refractivity contribution in [2.24, 2.45) is 0 Å². The molecule has 2 unspecified atom stereocenters. The normalized spacial score (nSPS) is 21.7. The van der Waals surface area contributed by atoms with E-state index in [0.29, 0.717) is 37.2 Å². The van der Waals surface area contributed by atoms with Gasteiger partial charge in [0.05, 0.1) is 24.3 Å². The molecule has 1 fully saturated rings. The van der Waals surface area contributed by atoms with Crippen molar-refractivity contribution in [1.82, 2.24) is 25.4 Å². The highest BCUT2D eigenvalue weighted by molar-refractivity contribution is 5.98. The highest BCUT2D eigenvalue weighted by Crippen LogP contribution is 2.44. The number of likely N-dealkylation sites (tertiary alicyclic amines) is 1. The summed E-state index contributed by atoms with van der Waals surface area (Å²) in [6, 6.07) is 16.7. The highest BCUT2D eigenvalue weighted by atomic mass is 16.5. The van der Waals surface area contributed by atoms with Crippen LogP contribution in [-0.4, -0.2) is 50.6 Å². The van der Waals surface area contributed by atoms with Gasteiger partial charge in [-0.25, -0.2) is 0 Å². The zero-order valence-corrected chi connectivity index (χ0v) is 17.9. The number of benzene rings is 2. The molecule has 6 rings (SSSR count). The number of nitrogens with zero attached hydrogens (tertiary/aromatic N) is 2. The number of nitrogens with one attached hydrogen (secondary N) is 3. The molecule has 0 saturated carbocycles. The second-order valence-electron chi connectivity index (χ2n) is 8.79. The van der Waals surface area contributed by atoms with Crippen LogP contribution in [0.25, 0.3) is 10.9 Å². The third kappa shape index (κ3) is 3.44. The number of carbonyl (C=O) groups is 2. The average molecular weight is 441 g/mol. The number of carbonyl (C=O) groups excluding carboxylic acids is 2. The molecule has 3 N–H and O–H groups in total. The van der Waals surface area contributed by atoms with Gasteiger partial charge in [0.25, 0.3) is 11.8 Å². The lowest BCUT2D eigenvalue weighted by Gasteiger charge is -2.40. The van der Waals surface area contributed by atoms with Crippen molar-refractivity contribution < 1.29 is 14.3 Å². The maximum Gasteiger partial charge on any atom is 0.268 e. The monoisotopic (exact) mass is 441 g/mol. The minimum Gasteiger partial charge on any atom is -0.485 e. The predicted molar refractivity (Wildman–Crippen MR) is 122 cm³/mol. The molecular formula is C25H23N5O3. The number of ether oxygens (including phenoxy) is 1. The summed E-state index contributed by atoms with van der Waals surface area (Å²) in [5.41, 5.74) is 2.39. The van der Waals surface area contributed by atoms with Crippen LogP contribution < -0.4 is 10.1 Å². The zero-order chi connectivity index (χ0) is 22.4. The van der Waals surface area contributed by atoms with Gasteiger partial charge in [-0.2, -0.15) is 5.10 Å². The first kappa shape index (κ1) is 19.6. The van der Waals surface area contributed by atoms with Gasteiger partial charge in [0.15, 0.2) is 0 Å². The molecular weight excluding hydrogens is 418 g/mol. The minimum atomic E-state index is -0.546. The van der Waals surface area contributed by atoms with E-state index < -0.39 is 5.60 Å². The van der Waals surface area contributed by atoms with E-state index in [2.05, 4.69) is 20.5 Å². The Kier molecular flexibility index (Phi) is 4.46. The maximum atomic E-state index is 13.3. The van der Waals surface area contributed by atoms with Crippen molar-refractivity contribution in [3.63, 3.8) is 0 Å². The molecule has 0 aliphatic carbocycles. The zero-order valence-electron chi connectivity index (χ0n) is 17.9. The predicted octanol–water partition coefficient (Wildman–Crippen LogP) is 3.43. The summed E-state index contributed by atoms with van der Waals surface area (Å²) in [5.74, 6) is 0.571. The van der Waals surface area contributed by atoms with Crippen LogP contribution >= 0.6 is 0 Å². The number of aromatic nitrogens is 3. The second-order valence-corrected chi connectivity index (χ2v) is 8.79. The molecule has 2 atom stereocenters. The van der Waals surface area contributed by atoms with Crippen molar-refractivity contribution in [3.05, 3.63) is 83.8 Å². The van der Waals surface area contributed by atoms with E-state index in [9.17, 15) is 9.59 Å². The average Bonchev–Trinajstić information content (AvgIpc) is 3.59. The molecule has 8 nitrogen and oxygen atoms in total. The van der Waals surface area contributed by atoms with Gasteiger partial charge in [-0.05, 0) is 30.3 Å². The molecule has 1 saturated heterocycles. The molecule has 2 amide bonds. The van der Waals surface area contributed by atoms with Gasteiger partial charge >= 0.3 is 0 Å². The van der Waals surface area contributed by atoms with E-state index in [4.69, 9.17) is 4.74 Å². The molecule has 2 aliphatic heterocycles. The Bertz CT molecular complexity index is 1350. The van der Waals surface area contributed by atoms with Gasteiger partial charge < -0.3 is 19.9 Å². The van der Waals surface area contributed by atoms with E-state index in [-0.39, 0.29) is 17.9 Å². The van der Waals surface area contributed by atoms with Crippen molar-refractivity contribution in [3.8, 4) is 5.75 Å². The summed E-state index contributed by atoms with van der Waals surface area (Å²) in [5, 5.41) is 11.1. The van der Waals surface area contributed by atoms with E-state index in [1.807, 2.05) is 47.4 Å². The molecule has 2 aliphatic rings. The quantitative estimate of drug-likeness (QED) is 0.453. The summed E-state index contributed by atoms with van der Waals surface area (Å²) in [4.78, 5) is 30.8. The number of H-pyrrole nitrogens is 2.